The number of nitrogens with one attached hydrogen (secondary N) is 1. The summed E-state index contributed by atoms with van der Waals surface area (Å²) < 4.78 is 19.9. The minimum absolute atomic E-state index is 0.0300. The molecule has 2 rings (SSSR count). The highest BCUT2D eigenvalue weighted by molar-refractivity contribution is 7.40. The Kier molecular flexibility index (Phi) is 7.85. The summed E-state index contributed by atoms with van der Waals surface area (Å²) in [7, 11) is -2.24. The monoisotopic (exact) mass is 416 g/mol. The van der Waals surface area contributed by atoms with Crippen LogP contribution in [0.25, 0.3) is 0 Å². The van der Waals surface area contributed by atoms with Gasteiger partial charge in [-0.1, -0.05) is 20.8 Å². The predicted octanol–water partition coefficient (Wildman–Crippen LogP) is 2.06. The van der Waals surface area contributed by atoms with Crippen LogP contribution in [0, 0.1) is 5.92 Å². The van der Waals surface area contributed by atoms with Gasteiger partial charge in [-0.05, 0) is 44.9 Å². The SMILES string of the molecule is CCC(CC)[PH](=O)OC(C)(CC)C[C@H]1C[C@H](n2ccc(=O)[nH]c2=O)[C@H](O)[C@@H]1O. The third kappa shape index (κ3) is 5.03. The average Bonchev–Trinajstić information content (AvgIpc) is 2.91. The minimum atomic E-state index is -2.24. The van der Waals surface area contributed by atoms with Crippen molar-refractivity contribution in [1.29, 1.82) is 0 Å². The van der Waals surface area contributed by atoms with Crippen molar-refractivity contribution in [2.24, 2.45) is 5.92 Å². The van der Waals surface area contributed by atoms with E-state index in [0.29, 0.717) is 19.3 Å². The molecule has 0 radical (unpaired) electrons. The van der Waals surface area contributed by atoms with E-state index in [1.54, 1.807) is 0 Å². The van der Waals surface area contributed by atoms with Gasteiger partial charge in [-0.2, -0.15) is 0 Å². The fourth-order valence-electron chi connectivity index (χ4n) is 4.03. The highest BCUT2D eigenvalue weighted by Gasteiger charge is 2.45. The van der Waals surface area contributed by atoms with E-state index in [2.05, 4.69) is 4.98 Å². The fourth-order valence-corrected chi connectivity index (χ4v) is 5.57. The largest absolute Gasteiger partial charge is 0.390 e. The Bertz CT molecular complexity index is 789. The number of rotatable bonds is 9. The second-order valence-electron chi connectivity index (χ2n) is 8.00. The van der Waals surface area contributed by atoms with Crippen LogP contribution in [-0.2, 0) is 9.09 Å². The first-order valence-electron chi connectivity index (χ1n) is 10.1. The predicted molar refractivity (Wildman–Crippen MR) is 108 cm³/mol. The zero-order valence-corrected chi connectivity index (χ0v) is 18.1. The molecule has 0 bridgehead atoms. The van der Waals surface area contributed by atoms with Gasteiger partial charge in [-0.15, -0.1) is 0 Å². The van der Waals surface area contributed by atoms with Crippen molar-refractivity contribution in [2.45, 2.75) is 89.3 Å². The molecule has 1 aliphatic rings. The summed E-state index contributed by atoms with van der Waals surface area (Å²) in [5.41, 5.74) is -1.78. The number of hydrogen-bond donors (Lipinski definition) is 3. The maximum absolute atomic E-state index is 12.6. The van der Waals surface area contributed by atoms with E-state index >= 15 is 0 Å². The normalized spacial score (nSPS) is 28.4. The molecule has 0 amide bonds. The molecule has 0 spiro atoms. The molecule has 6 atom stereocenters. The van der Waals surface area contributed by atoms with Gasteiger partial charge < -0.3 is 14.7 Å². The topological polar surface area (TPSA) is 122 Å². The molecule has 1 aromatic heterocycles. The van der Waals surface area contributed by atoms with E-state index in [0.717, 1.165) is 12.8 Å². The molecule has 0 aliphatic heterocycles. The summed E-state index contributed by atoms with van der Waals surface area (Å²) in [5.74, 6) is -0.319. The van der Waals surface area contributed by atoms with Gasteiger partial charge in [0.25, 0.3) is 5.56 Å². The standard InChI is InChI=1S/C19H33N2O6P/c1-5-13(6-2)28(26)27-19(4,7-3)11-12-10-14(17(24)16(12)23)21-9-8-15(22)20-18(21)25/h8-9,12-14,16-17,23-24,28H,5-7,10-11H2,1-4H3,(H,20,22,25)/t12-,14+,16-,17+,19?/m1/s1. The Morgan fingerprint density at radius 2 is 1.93 bits per heavy atom. The minimum Gasteiger partial charge on any atom is -0.390 e. The van der Waals surface area contributed by atoms with Crippen molar-refractivity contribution < 1.29 is 19.3 Å². The van der Waals surface area contributed by atoms with E-state index in [9.17, 15) is 24.4 Å². The Hall–Kier alpha value is -1.21. The highest BCUT2D eigenvalue weighted by atomic mass is 31.1. The number of aliphatic hydroxyl groups is 2. The number of nitrogens with zero attached hydrogens (tertiary/aromatic N) is 1. The summed E-state index contributed by atoms with van der Waals surface area (Å²) in [6, 6.07) is 0.580. The van der Waals surface area contributed by atoms with Gasteiger partial charge in [-0.3, -0.25) is 18.9 Å². The third-order valence-electron chi connectivity index (χ3n) is 6.09. The molecule has 2 unspecified atom stereocenters. The smallest absolute Gasteiger partial charge is 0.328 e. The zero-order valence-electron chi connectivity index (χ0n) is 17.1. The van der Waals surface area contributed by atoms with Crippen LogP contribution in [-0.4, -0.2) is 43.2 Å². The molecule has 1 saturated carbocycles. The molecule has 1 fully saturated rings. The van der Waals surface area contributed by atoms with E-state index < -0.39 is 43.1 Å². The van der Waals surface area contributed by atoms with Crippen molar-refractivity contribution in [3.05, 3.63) is 33.1 Å². The Morgan fingerprint density at radius 3 is 2.46 bits per heavy atom. The molecular weight excluding hydrogens is 383 g/mol. The van der Waals surface area contributed by atoms with Crippen LogP contribution < -0.4 is 11.2 Å². The zero-order chi connectivity index (χ0) is 21.1. The number of aromatic amines is 1. The van der Waals surface area contributed by atoms with Crippen LogP contribution in [0.4, 0.5) is 0 Å². The van der Waals surface area contributed by atoms with Gasteiger partial charge in [0.1, 0.15) is 6.10 Å². The average molecular weight is 416 g/mol. The van der Waals surface area contributed by atoms with Gasteiger partial charge in [0, 0.05) is 17.9 Å². The molecule has 9 heteroatoms. The van der Waals surface area contributed by atoms with Crippen molar-refractivity contribution in [3.8, 4) is 0 Å². The van der Waals surface area contributed by atoms with Crippen LogP contribution in [0.1, 0.15) is 65.8 Å². The first-order chi connectivity index (χ1) is 13.2. The maximum Gasteiger partial charge on any atom is 0.328 e. The summed E-state index contributed by atoms with van der Waals surface area (Å²) in [6.07, 6.45) is 2.15. The molecular formula is C19H33N2O6P. The number of aromatic nitrogens is 2. The molecule has 160 valence electrons. The molecule has 8 nitrogen and oxygen atoms in total. The van der Waals surface area contributed by atoms with Crippen LogP contribution >= 0.6 is 8.03 Å². The lowest BCUT2D eigenvalue weighted by atomic mass is 9.87. The molecule has 3 N–H and O–H groups in total. The lowest BCUT2D eigenvalue weighted by Crippen LogP contribution is -2.37. The second-order valence-corrected chi connectivity index (χ2v) is 9.66. The van der Waals surface area contributed by atoms with Gasteiger partial charge in [0.2, 0.25) is 0 Å². The Labute approximate surface area is 165 Å². The van der Waals surface area contributed by atoms with Crippen LogP contribution in [0.5, 0.6) is 0 Å². The van der Waals surface area contributed by atoms with Crippen molar-refractivity contribution in [2.75, 3.05) is 0 Å². The summed E-state index contributed by atoms with van der Waals surface area (Å²) in [5, 5.41) is 21.1. The van der Waals surface area contributed by atoms with Crippen molar-refractivity contribution >= 4 is 8.03 Å². The number of H-pyrrole nitrogens is 1. The first kappa shape index (κ1) is 23.1. The molecule has 1 aliphatic carbocycles. The van der Waals surface area contributed by atoms with Crippen LogP contribution in [0.2, 0.25) is 0 Å². The quantitative estimate of drug-likeness (QED) is 0.530. The Morgan fingerprint density at radius 1 is 1.29 bits per heavy atom. The first-order valence-corrected chi connectivity index (χ1v) is 11.5. The maximum atomic E-state index is 12.6. The van der Waals surface area contributed by atoms with E-state index in [-0.39, 0.29) is 11.6 Å². The fraction of sp³-hybridized carbons (Fsp3) is 0.789. The molecule has 0 aromatic carbocycles. The summed E-state index contributed by atoms with van der Waals surface area (Å²) in [6.45, 7) is 7.82. The van der Waals surface area contributed by atoms with E-state index in [4.69, 9.17) is 4.52 Å². The van der Waals surface area contributed by atoms with Gasteiger partial charge in [0.15, 0.2) is 8.03 Å². The van der Waals surface area contributed by atoms with Gasteiger partial charge in [0.05, 0.1) is 17.7 Å². The number of aliphatic hydroxyl groups excluding tert-OH is 2. The number of hydrogen-bond acceptors (Lipinski definition) is 6. The molecule has 28 heavy (non-hydrogen) atoms. The highest BCUT2D eigenvalue weighted by Crippen LogP contribution is 2.45. The summed E-state index contributed by atoms with van der Waals surface area (Å²) in [4.78, 5) is 25.5. The summed E-state index contributed by atoms with van der Waals surface area (Å²) >= 11 is 0. The van der Waals surface area contributed by atoms with Crippen LogP contribution in [0.3, 0.4) is 0 Å². The molecule has 1 aromatic rings. The van der Waals surface area contributed by atoms with Gasteiger partial charge >= 0.3 is 5.69 Å². The van der Waals surface area contributed by atoms with Crippen LogP contribution in [0.15, 0.2) is 21.9 Å². The van der Waals surface area contributed by atoms with Gasteiger partial charge in [-0.25, -0.2) is 4.79 Å². The third-order valence-corrected chi connectivity index (χ3v) is 8.26. The molecule has 1 heterocycles. The lowest BCUT2D eigenvalue weighted by molar-refractivity contribution is -0.0157. The van der Waals surface area contributed by atoms with E-state index in [1.807, 2.05) is 27.7 Å². The van der Waals surface area contributed by atoms with Crippen molar-refractivity contribution in [1.82, 2.24) is 9.55 Å². The second kappa shape index (κ2) is 9.53. The lowest BCUT2D eigenvalue weighted by Gasteiger charge is -2.33. The Balaban J connectivity index is 2.17. The van der Waals surface area contributed by atoms with E-state index in [1.165, 1.54) is 16.8 Å². The van der Waals surface area contributed by atoms with Crippen molar-refractivity contribution in [3.63, 3.8) is 0 Å². The molecule has 0 saturated heterocycles.